The van der Waals surface area contributed by atoms with Gasteiger partial charge >= 0.3 is 0 Å². The molecule has 0 saturated heterocycles. The van der Waals surface area contributed by atoms with Crippen LogP contribution in [0.4, 0.5) is 8.78 Å². The van der Waals surface area contributed by atoms with Crippen LogP contribution in [0, 0.1) is 35.3 Å². The van der Waals surface area contributed by atoms with Crippen molar-refractivity contribution in [3.05, 3.63) is 53.1 Å². The number of benzene rings is 1. The molecule has 2 heterocycles. The van der Waals surface area contributed by atoms with E-state index in [1.807, 2.05) is 19.1 Å². The first kappa shape index (κ1) is 23.7. The van der Waals surface area contributed by atoms with Gasteiger partial charge in [0, 0.05) is 23.6 Å². The van der Waals surface area contributed by atoms with E-state index in [0.29, 0.717) is 35.2 Å². The van der Waals surface area contributed by atoms with Crippen LogP contribution in [0.5, 0.6) is 5.88 Å². The van der Waals surface area contributed by atoms with Crippen LogP contribution in [0.2, 0.25) is 0 Å². The second kappa shape index (κ2) is 9.32. The Bertz CT molecular complexity index is 1330. The van der Waals surface area contributed by atoms with Crippen LogP contribution in [-0.4, -0.2) is 16.1 Å². The first-order valence-corrected chi connectivity index (χ1v) is 13.8. The molecule has 2 fully saturated rings. The number of fused-ring (bicyclic) bond motifs is 2. The molecule has 190 valence electrons. The number of aryl methyl sites for hydroxylation is 1. The first-order chi connectivity index (χ1) is 17.4. The normalized spacial score (nSPS) is 27.9. The summed E-state index contributed by atoms with van der Waals surface area (Å²) in [4.78, 5) is 7.82. The molecule has 5 atom stereocenters. The van der Waals surface area contributed by atoms with Crippen molar-refractivity contribution in [1.82, 2.24) is 9.97 Å². The number of allylic oxidation sites excluding steroid dienone is 2. The summed E-state index contributed by atoms with van der Waals surface area (Å²) in [5, 5.41) is 0. The van der Waals surface area contributed by atoms with Crippen LogP contribution in [0.15, 0.2) is 30.3 Å². The highest BCUT2D eigenvalue weighted by atomic mass is 19.1. The molecule has 0 bridgehead atoms. The van der Waals surface area contributed by atoms with Gasteiger partial charge in [-0.25, -0.2) is 13.8 Å². The summed E-state index contributed by atoms with van der Waals surface area (Å²) in [5.41, 5.74) is 4.42. The number of aromatic nitrogens is 2. The van der Waals surface area contributed by atoms with Crippen molar-refractivity contribution in [3.8, 4) is 17.1 Å². The van der Waals surface area contributed by atoms with E-state index in [1.165, 1.54) is 30.9 Å². The Morgan fingerprint density at radius 2 is 1.89 bits per heavy atom. The Labute approximate surface area is 212 Å². The van der Waals surface area contributed by atoms with Gasteiger partial charge in [-0.05, 0) is 91.9 Å². The van der Waals surface area contributed by atoms with E-state index in [9.17, 15) is 0 Å². The molecular formula is C31H36F2N2O. The lowest BCUT2D eigenvalue weighted by molar-refractivity contribution is 0.122. The topological polar surface area (TPSA) is 37.9 Å². The highest BCUT2D eigenvalue weighted by Gasteiger charge is 2.48. The lowest BCUT2D eigenvalue weighted by atomic mass is 9.90. The van der Waals surface area contributed by atoms with Gasteiger partial charge in [0.25, 0.3) is 0 Å². The lowest BCUT2D eigenvalue weighted by Gasteiger charge is -2.23. The molecule has 1 N–H and O–H groups in total. The molecule has 0 amide bonds. The van der Waals surface area contributed by atoms with Gasteiger partial charge in [0.1, 0.15) is 17.6 Å². The first-order valence-electron chi connectivity index (χ1n) is 13.8. The fourth-order valence-corrected chi connectivity index (χ4v) is 7.43. The van der Waals surface area contributed by atoms with Crippen molar-refractivity contribution in [1.29, 1.82) is 0 Å². The summed E-state index contributed by atoms with van der Waals surface area (Å²) in [6.45, 7) is 6.69. The second-order valence-corrected chi connectivity index (χ2v) is 11.4. The SMILES string of the molecule is CCc1cc(C2=CCCCC2)cc(F)c1-c1nc2cc(OC3CCC4C(C)CC(C)C34)[nH]c2cc1F. The molecular weight excluding hydrogens is 454 g/mol. The standard InChI is InChI=1S/C31H36F2N2O/c1-4-19-13-21(20-8-6-5-7-9-20)14-23(32)30(19)31-24(33)15-25-26(35-31)16-28(34-25)36-27-11-10-22-17(2)12-18(3)29(22)27/h8,13-18,22,27,29,34H,4-7,9-12H2,1-3H3. The predicted octanol–water partition coefficient (Wildman–Crippen LogP) is 8.48. The largest absolute Gasteiger partial charge is 0.475 e. The molecule has 6 rings (SSSR count). The van der Waals surface area contributed by atoms with E-state index in [4.69, 9.17) is 4.74 Å². The Hall–Kier alpha value is -2.69. The van der Waals surface area contributed by atoms with Gasteiger partial charge in [0.15, 0.2) is 11.7 Å². The minimum atomic E-state index is -0.520. The van der Waals surface area contributed by atoms with Crippen molar-refractivity contribution in [2.45, 2.75) is 78.2 Å². The smallest absolute Gasteiger partial charge is 0.193 e. The van der Waals surface area contributed by atoms with Crippen LogP contribution in [0.3, 0.4) is 0 Å². The van der Waals surface area contributed by atoms with Gasteiger partial charge in [0.05, 0.1) is 11.0 Å². The number of pyridine rings is 1. The average Bonchev–Trinajstić information content (AvgIpc) is 3.54. The number of hydrogen-bond acceptors (Lipinski definition) is 2. The number of nitrogens with one attached hydrogen (secondary N) is 1. The van der Waals surface area contributed by atoms with Gasteiger partial charge in [0.2, 0.25) is 0 Å². The summed E-state index contributed by atoms with van der Waals surface area (Å²) in [7, 11) is 0. The maximum atomic E-state index is 15.5. The molecule has 0 radical (unpaired) electrons. The molecule has 3 nitrogen and oxygen atoms in total. The van der Waals surface area contributed by atoms with Crippen molar-refractivity contribution in [2.75, 3.05) is 0 Å². The Kier molecular flexibility index (Phi) is 6.13. The van der Waals surface area contributed by atoms with Crippen molar-refractivity contribution in [3.63, 3.8) is 0 Å². The Morgan fingerprint density at radius 3 is 2.67 bits per heavy atom. The summed E-state index contributed by atoms with van der Waals surface area (Å²) >= 11 is 0. The number of rotatable bonds is 5. The monoisotopic (exact) mass is 490 g/mol. The van der Waals surface area contributed by atoms with E-state index < -0.39 is 11.6 Å². The molecule has 2 aromatic heterocycles. The van der Waals surface area contributed by atoms with Gasteiger partial charge in [-0.15, -0.1) is 0 Å². The fraction of sp³-hybridized carbons (Fsp3) is 0.516. The summed E-state index contributed by atoms with van der Waals surface area (Å²) in [6, 6.07) is 6.85. The van der Waals surface area contributed by atoms with Crippen molar-refractivity contribution < 1.29 is 13.5 Å². The van der Waals surface area contributed by atoms with Gasteiger partial charge in [-0.2, -0.15) is 0 Å². The third kappa shape index (κ3) is 4.05. The zero-order valence-electron chi connectivity index (χ0n) is 21.5. The molecule has 3 aromatic rings. The zero-order chi connectivity index (χ0) is 25.0. The number of nitrogens with zero attached hydrogens (tertiary/aromatic N) is 1. The lowest BCUT2D eigenvalue weighted by Crippen LogP contribution is -2.26. The molecule has 2 saturated carbocycles. The molecule has 0 spiro atoms. The predicted molar refractivity (Wildman–Crippen MR) is 141 cm³/mol. The van der Waals surface area contributed by atoms with Crippen LogP contribution in [0.1, 0.15) is 76.8 Å². The minimum absolute atomic E-state index is 0.0748. The van der Waals surface area contributed by atoms with E-state index in [0.717, 1.165) is 48.6 Å². The summed E-state index contributed by atoms with van der Waals surface area (Å²) in [5.74, 6) is 2.42. The van der Waals surface area contributed by atoms with E-state index >= 15 is 8.78 Å². The molecule has 3 aliphatic rings. The quantitative estimate of drug-likeness (QED) is 0.389. The maximum Gasteiger partial charge on any atom is 0.193 e. The number of aromatic amines is 1. The Balaban J connectivity index is 1.33. The molecule has 36 heavy (non-hydrogen) atoms. The summed E-state index contributed by atoms with van der Waals surface area (Å²) in [6.07, 6.45) is 10.8. The van der Waals surface area contributed by atoms with Crippen LogP contribution >= 0.6 is 0 Å². The third-order valence-corrected chi connectivity index (χ3v) is 9.10. The minimum Gasteiger partial charge on any atom is -0.475 e. The molecule has 0 aliphatic heterocycles. The zero-order valence-corrected chi connectivity index (χ0v) is 21.5. The van der Waals surface area contributed by atoms with E-state index in [1.54, 1.807) is 6.07 Å². The van der Waals surface area contributed by atoms with E-state index in [2.05, 4.69) is 29.9 Å². The number of halogens is 2. The average molecular weight is 491 g/mol. The number of hydrogen-bond donors (Lipinski definition) is 1. The second-order valence-electron chi connectivity index (χ2n) is 11.4. The van der Waals surface area contributed by atoms with Crippen LogP contribution < -0.4 is 4.74 Å². The third-order valence-electron chi connectivity index (χ3n) is 9.10. The molecule has 3 aliphatic carbocycles. The van der Waals surface area contributed by atoms with Gasteiger partial charge in [-0.1, -0.05) is 32.9 Å². The highest BCUT2D eigenvalue weighted by molar-refractivity contribution is 5.82. The van der Waals surface area contributed by atoms with Gasteiger partial charge < -0.3 is 9.72 Å². The molecule has 5 unspecified atom stereocenters. The maximum absolute atomic E-state index is 15.5. The van der Waals surface area contributed by atoms with Crippen molar-refractivity contribution >= 4 is 16.6 Å². The number of ether oxygens (including phenoxy) is 1. The number of H-pyrrole nitrogens is 1. The van der Waals surface area contributed by atoms with E-state index in [-0.39, 0.29) is 17.4 Å². The van der Waals surface area contributed by atoms with Crippen LogP contribution in [0.25, 0.3) is 27.9 Å². The Morgan fingerprint density at radius 1 is 1.03 bits per heavy atom. The highest BCUT2D eigenvalue weighted by Crippen LogP contribution is 2.51. The van der Waals surface area contributed by atoms with Crippen molar-refractivity contribution in [2.24, 2.45) is 23.7 Å². The fourth-order valence-electron chi connectivity index (χ4n) is 7.43. The summed E-state index contributed by atoms with van der Waals surface area (Å²) < 4.78 is 37.3. The van der Waals surface area contributed by atoms with Crippen LogP contribution in [-0.2, 0) is 6.42 Å². The molecule has 1 aromatic carbocycles. The van der Waals surface area contributed by atoms with Gasteiger partial charge in [-0.3, -0.25) is 0 Å². The molecule has 5 heteroatoms.